The van der Waals surface area contributed by atoms with Gasteiger partial charge < -0.3 is 5.53 Å². The first kappa shape index (κ1) is 47.2. The Morgan fingerprint density at radius 3 is 1.11 bits per heavy atom. The van der Waals surface area contributed by atoms with Gasteiger partial charge in [-0.1, -0.05) is 124 Å². The average Bonchev–Trinajstić information content (AvgIpc) is 3.46. The van der Waals surface area contributed by atoms with Crippen LogP contribution in [0.15, 0.2) is 47.5 Å². The van der Waals surface area contributed by atoms with Crippen LogP contribution in [0.4, 0.5) is 0 Å². The van der Waals surface area contributed by atoms with Crippen molar-refractivity contribution < 1.29 is 19.1 Å². The second kappa shape index (κ2) is 29.3. The Labute approximate surface area is 335 Å². The van der Waals surface area contributed by atoms with Crippen LogP contribution < -0.4 is 0 Å². The first-order chi connectivity index (χ1) is 25.9. The normalized spacial score (nSPS) is 13.0. The summed E-state index contributed by atoms with van der Waals surface area (Å²) < 4.78 is 1.63. The van der Waals surface area contributed by atoms with E-state index in [0.29, 0.717) is 0 Å². The molecule has 53 heavy (non-hydrogen) atoms. The fraction of sp³-hybridized carbons (Fsp3) is 0.680. The molecule has 2 aromatic carbocycles. The number of unbranched alkanes of at least 4 members (excludes halogenated alkanes) is 11. The van der Waals surface area contributed by atoms with E-state index in [9.17, 15) is 5.53 Å². The molecule has 0 fully saturated rings. The van der Waals surface area contributed by atoms with E-state index >= 15 is 0 Å². The van der Waals surface area contributed by atoms with E-state index in [1.807, 2.05) is 14.4 Å². The van der Waals surface area contributed by atoms with Crippen LogP contribution in [0.2, 0.25) is 10.8 Å². The number of hydrogen-bond donors (Lipinski definition) is 0. The molecule has 0 bridgehead atoms. The van der Waals surface area contributed by atoms with Gasteiger partial charge in [0.1, 0.15) is 0 Å². The van der Waals surface area contributed by atoms with Crippen molar-refractivity contribution in [2.45, 2.75) is 220 Å². The molecule has 0 aliphatic carbocycles. The first-order valence-corrected chi connectivity index (χ1v) is 24.0. The van der Waals surface area contributed by atoms with Crippen LogP contribution in [0, 0.1) is 0 Å². The van der Waals surface area contributed by atoms with Crippen LogP contribution >= 0.6 is 0 Å². The molecule has 0 radical (unpaired) electrons. The predicted molar refractivity (Wildman–Crippen MR) is 233 cm³/mol. The van der Waals surface area contributed by atoms with Gasteiger partial charge in [0.05, 0.1) is 0 Å². The van der Waals surface area contributed by atoms with Crippen molar-refractivity contribution in [1.29, 1.82) is 0 Å². The maximum absolute atomic E-state index is 12.4. The molecule has 3 rings (SSSR count). The van der Waals surface area contributed by atoms with Crippen molar-refractivity contribution in [3.8, 4) is 0 Å². The summed E-state index contributed by atoms with van der Waals surface area (Å²) in [4.78, 5) is 0. The van der Waals surface area contributed by atoms with Gasteiger partial charge in [0.25, 0.3) is 0 Å². The molecular weight excluding hydrogens is 687 g/mol. The topological polar surface area (TPSA) is 25.3 Å². The first-order valence-electron chi connectivity index (χ1n) is 22.6. The minimum atomic E-state index is 0.934. The van der Waals surface area contributed by atoms with Gasteiger partial charge in [0.2, 0.25) is 11.4 Å². The third-order valence-electron chi connectivity index (χ3n) is 10.5. The zero-order chi connectivity index (χ0) is 38.7. The summed E-state index contributed by atoms with van der Waals surface area (Å²) in [7, 11) is 0. The van der Waals surface area contributed by atoms with E-state index in [-0.39, 0.29) is 0 Å². The zero-order valence-corrected chi connectivity index (χ0v) is 37.0. The molecule has 0 spiro atoms. The van der Waals surface area contributed by atoms with Gasteiger partial charge in [0.15, 0.2) is 0 Å². The predicted octanol–water partition coefficient (Wildman–Crippen LogP) is 16.9. The van der Waals surface area contributed by atoms with Gasteiger partial charge in [-0.3, -0.25) is 0 Å². The molecule has 0 saturated carbocycles. The summed E-state index contributed by atoms with van der Waals surface area (Å²) in [6.07, 6.45) is 29.1. The van der Waals surface area contributed by atoms with Gasteiger partial charge in [-0.15, -0.1) is 0 Å². The van der Waals surface area contributed by atoms with Crippen molar-refractivity contribution in [2.75, 3.05) is 0 Å². The van der Waals surface area contributed by atoms with Crippen LogP contribution in [0.25, 0.3) is 16.9 Å². The van der Waals surface area contributed by atoms with Crippen LogP contribution in [-0.4, -0.2) is 4.70 Å². The SMILES string of the molecule is CCCCCCC1=C(c2cc(CCCC)cc(CCCCCC)c2)[N+](=[N-])C(c2cc(CCCC)cc(CCCCCC)c2)=C1CC.CC[CH2][Ni][CH2]CC. The molecule has 2 nitrogen and oxygen atoms in total. The summed E-state index contributed by atoms with van der Waals surface area (Å²) in [6, 6.07) is 14.5. The number of nitrogens with zero attached hydrogens (tertiary/aromatic N) is 2. The summed E-state index contributed by atoms with van der Waals surface area (Å²) in [5.41, 5.74) is 25.3. The van der Waals surface area contributed by atoms with Crippen molar-refractivity contribution in [1.82, 2.24) is 0 Å². The molecule has 0 aromatic heterocycles. The number of benzene rings is 2. The number of rotatable bonds is 28. The van der Waals surface area contributed by atoms with Crippen LogP contribution in [0.3, 0.4) is 0 Å². The number of hydrogen-bond acceptors (Lipinski definition) is 0. The Bertz CT molecular complexity index is 1360. The molecule has 1 aliphatic rings. The fourth-order valence-corrected chi connectivity index (χ4v) is 8.52. The molecule has 0 N–H and O–H groups in total. The molecule has 0 amide bonds. The molecule has 0 atom stereocenters. The molecule has 302 valence electrons. The summed E-state index contributed by atoms with van der Waals surface area (Å²) in [5, 5.41) is 2.72. The second-order valence-electron chi connectivity index (χ2n) is 15.5. The molecule has 2 aromatic rings. The van der Waals surface area contributed by atoms with Crippen LogP contribution in [0.5, 0.6) is 0 Å². The number of allylic oxidation sites excluding steroid dienone is 2. The summed E-state index contributed by atoms with van der Waals surface area (Å²) in [6.45, 7) is 18.2. The quantitative estimate of drug-likeness (QED) is 0.0468. The van der Waals surface area contributed by atoms with E-state index in [1.54, 1.807) is 4.70 Å². The minimum absolute atomic E-state index is 0.934. The van der Waals surface area contributed by atoms with E-state index < -0.39 is 0 Å². The van der Waals surface area contributed by atoms with E-state index in [2.05, 4.69) is 91.8 Å². The van der Waals surface area contributed by atoms with E-state index in [1.165, 1.54) is 171 Å². The van der Waals surface area contributed by atoms with Crippen molar-refractivity contribution in [3.63, 3.8) is 0 Å². The molecule has 3 heteroatoms. The Hall–Kier alpha value is -1.99. The van der Waals surface area contributed by atoms with E-state index in [4.69, 9.17) is 0 Å². The Kier molecular flexibility index (Phi) is 26.1. The van der Waals surface area contributed by atoms with Crippen molar-refractivity contribution >= 4 is 11.4 Å². The summed E-state index contributed by atoms with van der Waals surface area (Å²) >= 11 is 1.90. The second-order valence-corrected chi connectivity index (χ2v) is 17.0. The number of aryl methyl sites for hydroxylation is 4. The fourth-order valence-electron chi connectivity index (χ4n) is 7.58. The van der Waals surface area contributed by atoms with Crippen LogP contribution in [0.1, 0.15) is 217 Å². The van der Waals surface area contributed by atoms with Crippen molar-refractivity contribution in [2.24, 2.45) is 0 Å². The Balaban J connectivity index is 0.00000126. The van der Waals surface area contributed by atoms with Gasteiger partial charge >= 0.3 is 51.9 Å². The Morgan fingerprint density at radius 1 is 0.396 bits per heavy atom. The standard InChI is InChI=1S/C44H68N2.2C3H7.Ni/c1-7-13-18-21-26-37-29-35(24-16-10-4)31-39(33-37)43-41(12-6)42(28-23-20-15-9-3)44(46(43)45)40-32-36(25-17-11-5)30-38(34-40)27-22-19-14-8-2;2*1-3-2;/h29-34H,7-28H2,1-6H3;2*1,3H2,2H3;. The molecule has 1 heterocycles. The van der Waals surface area contributed by atoms with Crippen molar-refractivity contribution in [3.05, 3.63) is 86.5 Å². The van der Waals surface area contributed by atoms with E-state index in [0.717, 1.165) is 49.9 Å². The van der Waals surface area contributed by atoms with Gasteiger partial charge in [-0.25, -0.2) is 4.70 Å². The summed E-state index contributed by atoms with van der Waals surface area (Å²) in [5.74, 6) is 0. The third-order valence-corrected chi connectivity index (χ3v) is 12.1. The van der Waals surface area contributed by atoms with Crippen LogP contribution in [-0.2, 0) is 40.1 Å². The maximum atomic E-state index is 12.4. The average molecular weight is 770 g/mol. The zero-order valence-electron chi connectivity index (χ0n) is 36.1. The van der Waals surface area contributed by atoms with Gasteiger partial charge in [0, 0.05) is 22.3 Å². The monoisotopic (exact) mass is 769 g/mol. The third kappa shape index (κ3) is 17.1. The molecule has 0 unspecified atom stereocenters. The Morgan fingerprint density at radius 2 is 0.755 bits per heavy atom. The molecule has 0 saturated heterocycles. The molecular formula is C50H82N2Ni. The molecule has 1 aliphatic heterocycles. The van der Waals surface area contributed by atoms with Gasteiger partial charge in [-0.2, -0.15) is 0 Å². The van der Waals surface area contributed by atoms with Gasteiger partial charge in [-0.05, 0) is 117 Å².